The molecule has 0 amide bonds. The van der Waals surface area contributed by atoms with Crippen LogP contribution in [0.4, 0.5) is 5.69 Å². The molecular weight excluding hydrogens is 348 g/mol. The minimum atomic E-state index is 0.556. The summed E-state index contributed by atoms with van der Waals surface area (Å²) in [6.45, 7) is 0.675. The Bertz CT molecular complexity index is 731. The second-order valence-electron chi connectivity index (χ2n) is 3.78. The second kappa shape index (κ2) is 5.40. The Morgan fingerprint density at radius 1 is 1.21 bits per heavy atom. The van der Waals surface area contributed by atoms with Crippen molar-refractivity contribution in [3.8, 4) is 0 Å². The van der Waals surface area contributed by atoms with Gasteiger partial charge in [0.15, 0.2) is 4.47 Å². The predicted octanol–water partition coefficient (Wildman–Crippen LogP) is 4.11. The maximum Gasteiger partial charge on any atom is 0.183 e. The van der Waals surface area contributed by atoms with E-state index in [1.54, 1.807) is 18.6 Å². The van der Waals surface area contributed by atoms with Crippen LogP contribution in [0, 0.1) is 0 Å². The number of benzene rings is 1. The van der Waals surface area contributed by atoms with Gasteiger partial charge in [-0.05, 0) is 28.1 Å². The van der Waals surface area contributed by atoms with Crippen LogP contribution < -0.4 is 5.32 Å². The van der Waals surface area contributed by atoms with E-state index in [0.717, 1.165) is 26.1 Å². The molecule has 2 heterocycles. The minimum Gasteiger partial charge on any atom is -0.379 e. The quantitative estimate of drug-likeness (QED) is 0.768. The fraction of sp³-hybridized carbons (Fsp3) is 0.0833. The molecule has 0 aliphatic rings. The lowest BCUT2D eigenvalue weighted by Crippen LogP contribution is -1.99. The van der Waals surface area contributed by atoms with Gasteiger partial charge in [-0.3, -0.25) is 9.97 Å². The number of halogens is 2. The highest BCUT2D eigenvalue weighted by atomic mass is 79.9. The molecule has 0 atom stereocenters. The van der Waals surface area contributed by atoms with Crippen LogP contribution in [0.5, 0.6) is 0 Å². The first-order valence-electron chi connectivity index (χ1n) is 5.47. The molecule has 3 aromatic rings. The normalized spacial score (nSPS) is 10.8. The smallest absolute Gasteiger partial charge is 0.183 e. The summed E-state index contributed by atoms with van der Waals surface area (Å²) in [5.74, 6) is 0. The highest BCUT2D eigenvalue weighted by molar-refractivity contribution is 9.10. The monoisotopic (exact) mass is 354 g/mol. The second-order valence-corrected chi connectivity index (χ2v) is 6.27. The van der Waals surface area contributed by atoms with Crippen molar-refractivity contribution in [1.82, 2.24) is 15.0 Å². The summed E-state index contributed by atoms with van der Waals surface area (Å²) in [6, 6.07) is 3.92. The molecular formula is C12H8BrClN4S. The lowest BCUT2D eigenvalue weighted by molar-refractivity contribution is 1.17. The van der Waals surface area contributed by atoms with Gasteiger partial charge in [-0.15, -0.1) is 11.3 Å². The van der Waals surface area contributed by atoms with E-state index in [-0.39, 0.29) is 0 Å². The predicted molar refractivity (Wildman–Crippen MR) is 81.7 cm³/mol. The topological polar surface area (TPSA) is 50.7 Å². The van der Waals surface area contributed by atoms with Gasteiger partial charge in [0.1, 0.15) is 5.52 Å². The standard InChI is InChI=1S/C12H8BrClN4S/c13-10-8(17-5-7-6-18-12(14)19-7)1-2-9-11(10)16-4-3-15-9/h1-4,6,17H,5H2. The average molecular weight is 356 g/mol. The molecule has 0 saturated carbocycles. The Labute approximate surface area is 127 Å². The zero-order valence-corrected chi connectivity index (χ0v) is 12.8. The highest BCUT2D eigenvalue weighted by Gasteiger charge is 2.07. The number of fused-ring (bicyclic) bond motifs is 1. The van der Waals surface area contributed by atoms with E-state index in [1.807, 2.05) is 12.1 Å². The van der Waals surface area contributed by atoms with Crippen molar-refractivity contribution in [3.05, 3.63) is 44.5 Å². The Morgan fingerprint density at radius 2 is 2.05 bits per heavy atom. The van der Waals surface area contributed by atoms with Crippen LogP contribution in [0.15, 0.2) is 35.2 Å². The van der Waals surface area contributed by atoms with Gasteiger partial charge < -0.3 is 5.32 Å². The molecule has 0 saturated heterocycles. The Hall–Kier alpha value is -1.24. The van der Waals surface area contributed by atoms with Gasteiger partial charge in [0.25, 0.3) is 0 Å². The fourth-order valence-electron chi connectivity index (χ4n) is 1.69. The van der Waals surface area contributed by atoms with E-state index in [9.17, 15) is 0 Å². The fourth-order valence-corrected chi connectivity index (χ4v) is 3.18. The molecule has 1 N–H and O–H groups in total. The van der Waals surface area contributed by atoms with Crippen molar-refractivity contribution in [2.75, 3.05) is 5.32 Å². The Morgan fingerprint density at radius 3 is 2.84 bits per heavy atom. The molecule has 0 spiro atoms. The first kappa shape index (κ1) is 12.8. The number of thiazole rings is 1. The van der Waals surface area contributed by atoms with Gasteiger partial charge in [-0.25, -0.2) is 4.98 Å². The number of rotatable bonds is 3. The Kier molecular flexibility index (Phi) is 3.63. The average Bonchev–Trinajstić information content (AvgIpc) is 2.84. The molecule has 0 aliphatic carbocycles. The lowest BCUT2D eigenvalue weighted by atomic mass is 10.2. The molecule has 0 bridgehead atoms. The van der Waals surface area contributed by atoms with Gasteiger partial charge in [-0.2, -0.15) is 0 Å². The third-order valence-corrected chi connectivity index (χ3v) is 4.47. The molecule has 7 heteroatoms. The molecule has 1 aromatic carbocycles. The molecule has 0 aliphatic heterocycles. The SMILES string of the molecule is Clc1ncc(CNc2ccc3nccnc3c2Br)s1. The van der Waals surface area contributed by atoms with Crippen molar-refractivity contribution in [3.63, 3.8) is 0 Å². The first-order chi connectivity index (χ1) is 9.24. The van der Waals surface area contributed by atoms with E-state index in [2.05, 4.69) is 36.2 Å². The van der Waals surface area contributed by atoms with Crippen molar-refractivity contribution in [2.45, 2.75) is 6.54 Å². The number of hydrogen-bond acceptors (Lipinski definition) is 5. The summed E-state index contributed by atoms with van der Waals surface area (Å²) in [5.41, 5.74) is 2.67. The van der Waals surface area contributed by atoms with E-state index in [4.69, 9.17) is 11.6 Å². The van der Waals surface area contributed by atoms with E-state index < -0.39 is 0 Å². The molecule has 0 unspecified atom stereocenters. The van der Waals surface area contributed by atoms with Gasteiger partial charge in [0, 0.05) is 23.5 Å². The van der Waals surface area contributed by atoms with Gasteiger partial charge in [0.05, 0.1) is 22.2 Å². The van der Waals surface area contributed by atoms with Gasteiger partial charge in [0.2, 0.25) is 0 Å². The van der Waals surface area contributed by atoms with Crippen molar-refractivity contribution < 1.29 is 0 Å². The van der Waals surface area contributed by atoms with Crippen LogP contribution in [0.1, 0.15) is 4.88 Å². The molecule has 0 radical (unpaired) electrons. The number of anilines is 1. The van der Waals surface area contributed by atoms with Gasteiger partial charge >= 0.3 is 0 Å². The summed E-state index contributed by atoms with van der Waals surface area (Å²) >= 11 is 10.8. The third-order valence-electron chi connectivity index (χ3n) is 2.56. The molecule has 3 rings (SSSR count). The van der Waals surface area contributed by atoms with Crippen molar-refractivity contribution >= 4 is 55.6 Å². The summed E-state index contributed by atoms with van der Waals surface area (Å²) in [5, 5.41) is 3.33. The number of nitrogens with zero attached hydrogens (tertiary/aromatic N) is 3. The summed E-state index contributed by atoms with van der Waals surface area (Å²) in [7, 11) is 0. The molecule has 2 aromatic heterocycles. The number of hydrogen-bond donors (Lipinski definition) is 1. The lowest BCUT2D eigenvalue weighted by Gasteiger charge is -2.08. The van der Waals surface area contributed by atoms with Crippen LogP contribution in [0.25, 0.3) is 11.0 Å². The van der Waals surface area contributed by atoms with Crippen LogP contribution in [0.2, 0.25) is 4.47 Å². The Balaban J connectivity index is 1.87. The first-order valence-corrected chi connectivity index (χ1v) is 7.46. The largest absolute Gasteiger partial charge is 0.379 e. The number of nitrogens with one attached hydrogen (secondary N) is 1. The van der Waals surface area contributed by atoms with E-state index in [0.29, 0.717) is 11.0 Å². The van der Waals surface area contributed by atoms with Crippen molar-refractivity contribution in [2.24, 2.45) is 0 Å². The maximum absolute atomic E-state index is 5.80. The van der Waals surface area contributed by atoms with Crippen LogP contribution in [-0.2, 0) is 6.54 Å². The van der Waals surface area contributed by atoms with Crippen molar-refractivity contribution in [1.29, 1.82) is 0 Å². The molecule has 0 fully saturated rings. The molecule has 4 nitrogen and oxygen atoms in total. The number of aromatic nitrogens is 3. The van der Waals surface area contributed by atoms with E-state index in [1.165, 1.54) is 11.3 Å². The van der Waals surface area contributed by atoms with Crippen LogP contribution in [-0.4, -0.2) is 15.0 Å². The van der Waals surface area contributed by atoms with Crippen LogP contribution >= 0.6 is 38.9 Å². The van der Waals surface area contributed by atoms with Gasteiger partial charge in [-0.1, -0.05) is 11.6 Å². The van der Waals surface area contributed by atoms with Crippen LogP contribution in [0.3, 0.4) is 0 Å². The zero-order valence-electron chi connectivity index (χ0n) is 9.60. The van der Waals surface area contributed by atoms with E-state index >= 15 is 0 Å². The third kappa shape index (κ3) is 2.70. The molecule has 96 valence electrons. The maximum atomic E-state index is 5.80. The minimum absolute atomic E-state index is 0.556. The highest BCUT2D eigenvalue weighted by Crippen LogP contribution is 2.29. The summed E-state index contributed by atoms with van der Waals surface area (Å²) in [6.07, 6.45) is 5.13. The molecule has 19 heavy (non-hydrogen) atoms. The zero-order chi connectivity index (χ0) is 13.2. The summed E-state index contributed by atoms with van der Waals surface area (Å²) in [4.78, 5) is 13.7. The summed E-state index contributed by atoms with van der Waals surface area (Å²) < 4.78 is 1.47.